The van der Waals surface area contributed by atoms with Crippen molar-refractivity contribution >= 4 is 39.0 Å². The molecule has 0 bridgehead atoms. The number of para-hydroxylation sites is 1. The fourth-order valence-electron chi connectivity index (χ4n) is 4.50. The molecule has 1 fully saturated rings. The number of pyridine rings is 1. The second kappa shape index (κ2) is 9.12. The molecule has 9 nitrogen and oxygen atoms in total. The number of rotatable bonds is 6. The van der Waals surface area contributed by atoms with Gasteiger partial charge in [0.15, 0.2) is 0 Å². The molecule has 0 saturated heterocycles. The molecule has 0 spiro atoms. The van der Waals surface area contributed by atoms with E-state index in [2.05, 4.69) is 20.6 Å². The normalized spacial score (nSPS) is 22.5. The number of nitrogens with one attached hydrogen (secondary N) is 2. The summed E-state index contributed by atoms with van der Waals surface area (Å²) >= 11 is 1.53. The molecule has 3 heterocycles. The lowest BCUT2D eigenvalue weighted by Gasteiger charge is -2.28. The summed E-state index contributed by atoms with van der Waals surface area (Å²) in [6.45, 7) is 5.19. The molecule has 35 heavy (non-hydrogen) atoms. The zero-order valence-corrected chi connectivity index (χ0v) is 20.5. The number of aliphatic hydroxyl groups is 3. The van der Waals surface area contributed by atoms with Crippen LogP contribution in [0.25, 0.3) is 20.8 Å². The van der Waals surface area contributed by atoms with Crippen LogP contribution in [0.1, 0.15) is 26.0 Å². The number of aryl methyl sites for hydroxylation is 1. The van der Waals surface area contributed by atoms with Crippen LogP contribution in [-0.4, -0.2) is 59.1 Å². The van der Waals surface area contributed by atoms with Crippen molar-refractivity contribution in [2.75, 3.05) is 10.6 Å². The van der Waals surface area contributed by atoms with Crippen molar-refractivity contribution in [3.63, 3.8) is 0 Å². The SMILES string of the molecule is Cc1cc(Nc2ncc(-c3nc4ccccc4s3)c(NC3C[C@H](C(C)(C)O)[C@@H](O)[C@H]3O)n2)ccn1. The van der Waals surface area contributed by atoms with Gasteiger partial charge in [0.25, 0.3) is 0 Å². The predicted octanol–water partition coefficient (Wildman–Crippen LogP) is 3.49. The first kappa shape index (κ1) is 23.6. The van der Waals surface area contributed by atoms with E-state index >= 15 is 0 Å². The largest absolute Gasteiger partial charge is 0.390 e. The summed E-state index contributed by atoms with van der Waals surface area (Å²) < 4.78 is 1.04. The Labute approximate surface area is 207 Å². The van der Waals surface area contributed by atoms with Crippen molar-refractivity contribution in [3.8, 4) is 10.6 Å². The van der Waals surface area contributed by atoms with Crippen LogP contribution in [-0.2, 0) is 0 Å². The van der Waals surface area contributed by atoms with E-state index in [4.69, 9.17) is 9.97 Å². The summed E-state index contributed by atoms with van der Waals surface area (Å²) in [4.78, 5) is 18.2. The van der Waals surface area contributed by atoms with E-state index in [9.17, 15) is 15.3 Å². The number of hydrogen-bond donors (Lipinski definition) is 5. The van der Waals surface area contributed by atoms with Gasteiger partial charge in [-0.2, -0.15) is 4.98 Å². The van der Waals surface area contributed by atoms with Crippen LogP contribution in [0.3, 0.4) is 0 Å². The third kappa shape index (κ3) is 4.83. The van der Waals surface area contributed by atoms with Gasteiger partial charge < -0.3 is 26.0 Å². The molecule has 1 aromatic carbocycles. The molecule has 4 aromatic rings. The molecule has 5 N–H and O–H groups in total. The first-order chi connectivity index (χ1) is 16.7. The summed E-state index contributed by atoms with van der Waals surface area (Å²) in [5, 5.41) is 39.1. The second-order valence-electron chi connectivity index (χ2n) is 9.48. The van der Waals surface area contributed by atoms with E-state index in [1.54, 1.807) is 26.2 Å². The van der Waals surface area contributed by atoms with Gasteiger partial charge >= 0.3 is 0 Å². The molecule has 0 amide bonds. The van der Waals surface area contributed by atoms with E-state index in [1.165, 1.54) is 11.3 Å². The van der Waals surface area contributed by atoms with Crippen molar-refractivity contribution in [1.82, 2.24) is 19.9 Å². The Hall–Kier alpha value is -3.18. The highest BCUT2D eigenvalue weighted by Gasteiger charge is 2.47. The van der Waals surface area contributed by atoms with Crippen molar-refractivity contribution < 1.29 is 15.3 Å². The Bertz CT molecular complexity index is 1320. The van der Waals surface area contributed by atoms with E-state index in [-0.39, 0.29) is 0 Å². The van der Waals surface area contributed by atoms with Gasteiger partial charge in [-0.05, 0) is 51.5 Å². The maximum atomic E-state index is 10.8. The molecule has 182 valence electrons. The van der Waals surface area contributed by atoms with Crippen LogP contribution in [0.5, 0.6) is 0 Å². The third-order valence-corrected chi connectivity index (χ3v) is 7.45. The quantitative estimate of drug-likeness (QED) is 0.274. The predicted molar refractivity (Wildman–Crippen MR) is 137 cm³/mol. The fourth-order valence-corrected chi connectivity index (χ4v) is 5.48. The summed E-state index contributed by atoms with van der Waals surface area (Å²) in [6.07, 6.45) is 1.66. The van der Waals surface area contributed by atoms with E-state index in [0.717, 1.165) is 26.6 Å². The zero-order chi connectivity index (χ0) is 24.7. The van der Waals surface area contributed by atoms with Crippen LogP contribution in [0.15, 0.2) is 48.8 Å². The molecule has 0 radical (unpaired) electrons. The smallest absolute Gasteiger partial charge is 0.229 e. The van der Waals surface area contributed by atoms with Crippen molar-refractivity contribution in [2.24, 2.45) is 5.92 Å². The van der Waals surface area contributed by atoms with Crippen molar-refractivity contribution in [3.05, 3.63) is 54.5 Å². The maximum Gasteiger partial charge on any atom is 0.229 e. The number of benzene rings is 1. The van der Waals surface area contributed by atoms with Gasteiger partial charge in [-0.3, -0.25) is 4.98 Å². The highest BCUT2D eigenvalue weighted by Crippen LogP contribution is 2.39. The van der Waals surface area contributed by atoms with Crippen LogP contribution in [0.2, 0.25) is 0 Å². The third-order valence-electron chi connectivity index (χ3n) is 6.38. The van der Waals surface area contributed by atoms with Gasteiger partial charge in [-0.1, -0.05) is 12.1 Å². The summed E-state index contributed by atoms with van der Waals surface area (Å²) in [7, 11) is 0. The number of aliphatic hydroxyl groups excluding tert-OH is 2. The summed E-state index contributed by atoms with van der Waals surface area (Å²) in [5.41, 5.74) is 2.10. The number of hydrogen-bond acceptors (Lipinski definition) is 10. The molecule has 1 aliphatic carbocycles. The summed E-state index contributed by atoms with van der Waals surface area (Å²) in [5.74, 6) is 0.371. The van der Waals surface area contributed by atoms with Crippen LogP contribution in [0, 0.1) is 12.8 Å². The average Bonchev–Trinajstić information content (AvgIpc) is 3.36. The number of aromatic nitrogens is 4. The Kier molecular flexibility index (Phi) is 6.14. The minimum atomic E-state index is -1.13. The molecule has 1 aliphatic rings. The van der Waals surface area contributed by atoms with Gasteiger partial charge in [0, 0.05) is 29.7 Å². The van der Waals surface area contributed by atoms with Gasteiger partial charge in [0.05, 0.1) is 33.5 Å². The Balaban J connectivity index is 1.52. The minimum absolute atomic E-state index is 0.370. The maximum absolute atomic E-state index is 10.8. The van der Waals surface area contributed by atoms with Gasteiger partial charge in [0.1, 0.15) is 16.9 Å². The number of thiazole rings is 1. The van der Waals surface area contributed by atoms with E-state index in [0.29, 0.717) is 23.8 Å². The first-order valence-electron chi connectivity index (χ1n) is 11.5. The van der Waals surface area contributed by atoms with Crippen molar-refractivity contribution in [1.29, 1.82) is 0 Å². The lowest BCUT2D eigenvalue weighted by atomic mass is 9.88. The summed E-state index contributed by atoms with van der Waals surface area (Å²) in [6, 6.07) is 11.1. The molecule has 4 atom stereocenters. The molecule has 5 rings (SSSR count). The molecular formula is C25H28N6O3S. The highest BCUT2D eigenvalue weighted by molar-refractivity contribution is 7.21. The Morgan fingerprint density at radius 1 is 1.06 bits per heavy atom. The van der Waals surface area contributed by atoms with Crippen LogP contribution in [0.4, 0.5) is 17.5 Å². The van der Waals surface area contributed by atoms with Gasteiger partial charge in [-0.25, -0.2) is 9.97 Å². The lowest BCUT2D eigenvalue weighted by molar-refractivity contribution is -0.0601. The standard InChI is InChI=1S/C25H28N6O3S/c1-13-10-14(8-9-26-13)28-24-27-12-15(23-30-17-6-4-5-7-19(17)35-23)22(31-24)29-18-11-16(25(2,3)34)20(32)21(18)33/h4-10,12,16,18,20-21,32-34H,11H2,1-3H3,(H2,26,27,28,29,31)/t16-,18?,20+,21-/m0/s1. The Morgan fingerprint density at radius 3 is 2.57 bits per heavy atom. The second-order valence-corrected chi connectivity index (χ2v) is 10.5. The van der Waals surface area contributed by atoms with E-state index < -0.39 is 29.8 Å². The van der Waals surface area contributed by atoms with Crippen LogP contribution >= 0.6 is 11.3 Å². The Morgan fingerprint density at radius 2 is 1.86 bits per heavy atom. The van der Waals surface area contributed by atoms with Gasteiger partial charge in [-0.15, -0.1) is 11.3 Å². The fraction of sp³-hybridized carbons (Fsp3) is 0.360. The zero-order valence-electron chi connectivity index (χ0n) is 19.7. The highest BCUT2D eigenvalue weighted by atomic mass is 32.1. The molecule has 10 heteroatoms. The molecule has 1 saturated carbocycles. The molecule has 1 unspecified atom stereocenters. The first-order valence-corrected chi connectivity index (χ1v) is 12.3. The molecular weight excluding hydrogens is 464 g/mol. The van der Waals surface area contributed by atoms with Crippen molar-refractivity contribution in [2.45, 2.75) is 51.0 Å². The van der Waals surface area contributed by atoms with E-state index in [1.807, 2.05) is 43.3 Å². The number of anilines is 3. The van der Waals surface area contributed by atoms with Crippen LogP contribution < -0.4 is 10.6 Å². The average molecular weight is 493 g/mol. The monoisotopic (exact) mass is 492 g/mol. The molecule has 0 aliphatic heterocycles. The number of nitrogens with zero attached hydrogens (tertiary/aromatic N) is 4. The number of fused-ring (bicyclic) bond motifs is 1. The van der Waals surface area contributed by atoms with Gasteiger partial charge in [0.2, 0.25) is 5.95 Å². The molecule has 3 aromatic heterocycles. The lowest BCUT2D eigenvalue weighted by Crippen LogP contribution is -2.40. The topological polar surface area (TPSA) is 136 Å². The minimum Gasteiger partial charge on any atom is -0.390 e.